The van der Waals surface area contributed by atoms with Gasteiger partial charge in [0.1, 0.15) is 5.60 Å². The third-order valence-corrected chi connectivity index (χ3v) is 4.62. The Hall–Kier alpha value is -2.66. The number of urea groups is 1. The predicted octanol–water partition coefficient (Wildman–Crippen LogP) is 3.23. The van der Waals surface area contributed by atoms with Gasteiger partial charge in [0.05, 0.1) is 6.54 Å². The van der Waals surface area contributed by atoms with Gasteiger partial charge in [-0.2, -0.15) is 0 Å². The van der Waals surface area contributed by atoms with Crippen LogP contribution in [-0.2, 0) is 12.0 Å². The number of anilines is 1. The van der Waals surface area contributed by atoms with E-state index in [1.54, 1.807) is 24.3 Å². The van der Waals surface area contributed by atoms with Crippen LogP contribution in [0.3, 0.4) is 0 Å². The van der Waals surface area contributed by atoms with Gasteiger partial charge in [0, 0.05) is 11.3 Å². The van der Waals surface area contributed by atoms with Crippen molar-refractivity contribution < 1.29 is 14.7 Å². The predicted molar refractivity (Wildman–Crippen MR) is 96.7 cm³/mol. The molecular weight excluding hydrogens is 316 g/mol. The standard InChI is InChI=1S/C20H22N2O3/c1-14(23)16-7-4-9-17(12-16)22-19(24)21-13-20(25)11-5-8-15-6-2-3-10-18(15)20/h2-4,6-7,9-10,12,25H,5,8,11,13H2,1H3,(H2,21,22,24). The Balaban J connectivity index is 1.65. The van der Waals surface area contributed by atoms with Gasteiger partial charge in [-0.25, -0.2) is 4.79 Å². The van der Waals surface area contributed by atoms with Gasteiger partial charge in [-0.3, -0.25) is 4.79 Å². The van der Waals surface area contributed by atoms with Gasteiger partial charge in [0.25, 0.3) is 0 Å². The molecule has 0 spiro atoms. The van der Waals surface area contributed by atoms with Crippen molar-refractivity contribution in [2.45, 2.75) is 31.8 Å². The highest BCUT2D eigenvalue weighted by Crippen LogP contribution is 2.34. The van der Waals surface area contributed by atoms with Crippen LogP contribution in [0.2, 0.25) is 0 Å². The molecule has 2 aromatic rings. The smallest absolute Gasteiger partial charge is 0.319 e. The van der Waals surface area contributed by atoms with Gasteiger partial charge in [-0.1, -0.05) is 36.4 Å². The summed E-state index contributed by atoms with van der Waals surface area (Å²) in [6.45, 7) is 1.62. The molecule has 0 bridgehead atoms. The minimum absolute atomic E-state index is 0.0582. The lowest BCUT2D eigenvalue weighted by Crippen LogP contribution is -2.44. The lowest BCUT2D eigenvalue weighted by molar-refractivity contribution is 0.0221. The van der Waals surface area contributed by atoms with E-state index in [1.165, 1.54) is 6.92 Å². The monoisotopic (exact) mass is 338 g/mol. The summed E-state index contributed by atoms with van der Waals surface area (Å²) < 4.78 is 0. The number of aliphatic hydroxyl groups is 1. The van der Waals surface area contributed by atoms with E-state index < -0.39 is 11.6 Å². The van der Waals surface area contributed by atoms with Crippen LogP contribution in [0.5, 0.6) is 0 Å². The second-order valence-electron chi connectivity index (χ2n) is 6.49. The van der Waals surface area contributed by atoms with Crippen molar-refractivity contribution in [2.24, 2.45) is 0 Å². The van der Waals surface area contributed by atoms with Gasteiger partial charge >= 0.3 is 6.03 Å². The molecule has 0 aliphatic heterocycles. The molecule has 5 nitrogen and oxygen atoms in total. The molecule has 0 saturated carbocycles. The molecule has 0 radical (unpaired) electrons. The van der Waals surface area contributed by atoms with Crippen molar-refractivity contribution in [3.05, 3.63) is 65.2 Å². The zero-order chi connectivity index (χ0) is 17.9. The number of benzene rings is 2. The maximum Gasteiger partial charge on any atom is 0.319 e. The van der Waals surface area contributed by atoms with E-state index in [0.717, 1.165) is 24.0 Å². The second kappa shape index (κ2) is 7.07. The highest BCUT2D eigenvalue weighted by molar-refractivity contribution is 5.96. The molecule has 130 valence electrons. The molecule has 25 heavy (non-hydrogen) atoms. The minimum Gasteiger partial charge on any atom is -0.383 e. The Morgan fingerprint density at radius 3 is 2.76 bits per heavy atom. The number of amides is 2. The number of ketones is 1. The summed E-state index contributed by atoms with van der Waals surface area (Å²) in [6, 6.07) is 14.2. The number of carbonyl (C=O) groups is 2. The first-order chi connectivity index (χ1) is 12.0. The number of carbonyl (C=O) groups excluding carboxylic acids is 2. The molecule has 1 aliphatic carbocycles. The maximum atomic E-state index is 12.2. The number of aryl methyl sites for hydroxylation is 1. The number of Topliss-reactive ketones (excluding diaryl/α,β-unsaturated/α-hetero) is 1. The van der Waals surface area contributed by atoms with Crippen LogP contribution >= 0.6 is 0 Å². The highest BCUT2D eigenvalue weighted by atomic mass is 16.3. The molecule has 0 aromatic heterocycles. The van der Waals surface area contributed by atoms with Crippen LogP contribution in [0.25, 0.3) is 0 Å². The minimum atomic E-state index is -1.05. The first-order valence-corrected chi connectivity index (χ1v) is 8.44. The van der Waals surface area contributed by atoms with Crippen LogP contribution < -0.4 is 10.6 Å². The van der Waals surface area contributed by atoms with Gasteiger partial charge in [0.15, 0.2) is 5.78 Å². The van der Waals surface area contributed by atoms with Crippen molar-refractivity contribution in [3.8, 4) is 0 Å². The quantitative estimate of drug-likeness (QED) is 0.749. The molecule has 3 rings (SSSR count). The van der Waals surface area contributed by atoms with E-state index in [0.29, 0.717) is 17.7 Å². The van der Waals surface area contributed by atoms with E-state index in [1.807, 2.05) is 24.3 Å². The lowest BCUT2D eigenvalue weighted by Gasteiger charge is -2.34. The molecule has 3 N–H and O–H groups in total. The number of fused-ring (bicyclic) bond motifs is 1. The highest BCUT2D eigenvalue weighted by Gasteiger charge is 2.34. The third kappa shape index (κ3) is 3.88. The van der Waals surface area contributed by atoms with Crippen LogP contribution in [0.4, 0.5) is 10.5 Å². The number of hydrogen-bond acceptors (Lipinski definition) is 3. The van der Waals surface area contributed by atoms with Crippen LogP contribution in [-0.4, -0.2) is 23.5 Å². The number of hydrogen-bond donors (Lipinski definition) is 3. The lowest BCUT2D eigenvalue weighted by atomic mass is 9.79. The largest absolute Gasteiger partial charge is 0.383 e. The molecule has 0 fully saturated rings. The summed E-state index contributed by atoms with van der Waals surface area (Å²) in [4.78, 5) is 23.6. The molecule has 1 aliphatic rings. The Morgan fingerprint density at radius 1 is 1.16 bits per heavy atom. The topological polar surface area (TPSA) is 78.4 Å². The second-order valence-corrected chi connectivity index (χ2v) is 6.49. The molecule has 0 saturated heterocycles. The van der Waals surface area contributed by atoms with Crippen molar-refractivity contribution in [1.82, 2.24) is 5.32 Å². The number of nitrogens with one attached hydrogen (secondary N) is 2. The fourth-order valence-electron chi connectivity index (χ4n) is 3.30. The van der Waals surface area contributed by atoms with Crippen molar-refractivity contribution in [3.63, 3.8) is 0 Å². The van der Waals surface area contributed by atoms with Crippen molar-refractivity contribution in [2.75, 3.05) is 11.9 Å². The van der Waals surface area contributed by atoms with E-state index in [4.69, 9.17) is 0 Å². The zero-order valence-electron chi connectivity index (χ0n) is 14.2. The summed E-state index contributed by atoms with van der Waals surface area (Å²) >= 11 is 0. The SMILES string of the molecule is CC(=O)c1cccc(NC(=O)NCC2(O)CCCc3ccccc32)c1. The van der Waals surface area contributed by atoms with Crippen LogP contribution in [0.1, 0.15) is 41.3 Å². The van der Waals surface area contributed by atoms with Gasteiger partial charge in [0.2, 0.25) is 0 Å². The molecule has 1 atom stereocenters. The summed E-state index contributed by atoms with van der Waals surface area (Å²) in [7, 11) is 0. The van der Waals surface area contributed by atoms with E-state index in [9.17, 15) is 14.7 Å². The molecule has 2 aromatic carbocycles. The fraction of sp³-hybridized carbons (Fsp3) is 0.300. The van der Waals surface area contributed by atoms with Crippen LogP contribution in [0.15, 0.2) is 48.5 Å². The average Bonchev–Trinajstić information content (AvgIpc) is 2.61. The van der Waals surface area contributed by atoms with Gasteiger partial charge < -0.3 is 15.7 Å². The van der Waals surface area contributed by atoms with Gasteiger partial charge in [-0.05, 0) is 49.4 Å². The molecular formula is C20H22N2O3. The third-order valence-electron chi connectivity index (χ3n) is 4.62. The first-order valence-electron chi connectivity index (χ1n) is 8.44. The summed E-state index contributed by atoms with van der Waals surface area (Å²) in [6.07, 6.45) is 2.45. The summed E-state index contributed by atoms with van der Waals surface area (Å²) in [5.74, 6) is -0.0582. The first kappa shape index (κ1) is 17.2. The number of rotatable bonds is 4. The van der Waals surface area contributed by atoms with E-state index >= 15 is 0 Å². The fourth-order valence-corrected chi connectivity index (χ4v) is 3.30. The molecule has 0 heterocycles. The van der Waals surface area contributed by atoms with E-state index in [2.05, 4.69) is 10.6 Å². The van der Waals surface area contributed by atoms with Crippen molar-refractivity contribution in [1.29, 1.82) is 0 Å². The summed E-state index contributed by atoms with van der Waals surface area (Å²) in [5, 5.41) is 16.4. The average molecular weight is 338 g/mol. The normalized spacial score (nSPS) is 19.0. The Kier molecular flexibility index (Phi) is 4.86. The van der Waals surface area contributed by atoms with Crippen molar-refractivity contribution >= 4 is 17.5 Å². The van der Waals surface area contributed by atoms with Gasteiger partial charge in [-0.15, -0.1) is 0 Å². The molecule has 1 unspecified atom stereocenters. The maximum absolute atomic E-state index is 12.2. The Morgan fingerprint density at radius 2 is 1.96 bits per heavy atom. The molecule has 5 heteroatoms. The van der Waals surface area contributed by atoms with E-state index in [-0.39, 0.29) is 12.3 Å². The Bertz CT molecular complexity index is 803. The zero-order valence-corrected chi connectivity index (χ0v) is 14.2. The Labute approximate surface area is 147 Å². The van der Waals surface area contributed by atoms with Crippen LogP contribution in [0, 0.1) is 0 Å². The summed E-state index contributed by atoms with van der Waals surface area (Å²) in [5.41, 5.74) is 2.06. The molecule has 2 amide bonds.